The van der Waals surface area contributed by atoms with E-state index in [0.717, 1.165) is 23.3 Å². The molecule has 2 nitrogen and oxygen atoms in total. The standard InChI is InChI=1S/C31H31NO/c1-17-8-10-20-16-32-27-21-12-9-18(2)28-24(21)25-23(31(6,7)26(27)22(20)14-17)13-11-19(29(25)33-28)15-30(3,4)5/h8-14,16H,15H2,1-7H3. The van der Waals surface area contributed by atoms with E-state index in [2.05, 4.69) is 90.9 Å². The predicted octanol–water partition coefficient (Wildman–Crippen LogP) is 8.65. The van der Waals surface area contributed by atoms with Crippen LogP contribution in [0.2, 0.25) is 0 Å². The van der Waals surface area contributed by atoms with Gasteiger partial charge in [0.15, 0.2) is 0 Å². The van der Waals surface area contributed by atoms with E-state index in [9.17, 15) is 0 Å². The van der Waals surface area contributed by atoms with Crippen LogP contribution in [-0.4, -0.2) is 4.98 Å². The third kappa shape index (κ3) is 2.83. The van der Waals surface area contributed by atoms with E-state index in [1.807, 2.05) is 6.20 Å². The molecule has 1 aliphatic rings. The molecule has 0 spiro atoms. The van der Waals surface area contributed by atoms with Crippen LogP contribution in [0.4, 0.5) is 0 Å². The Bertz CT molecular complexity index is 1610. The minimum Gasteiger partial charge on any atom is -0.455 e. The first kappa shape index (κ1) is 20.5. The summed E-state index contributed by atoms with van der Waals surface area (Å²) in [5.41, 5.74) is 10.7. The molecule has 6 rings (SSSR count). The van der Waals surface area contributed by atoms with E-state index in [0.29, 0.717) is 0 Å². The lowest BCUT2D eigenvalue weighted by Crippen LogP contribution is -2.21. The van der Waals surface area contributed by atoms with Crippen LogP contribution in [0.15, 0.2) is 53.1 Å². The molecule has 2 heterocycles. The molecule has 33 heavy (non-hydrogen) atoms. The Kier molecular flexibility index (Phi) is 4.01. The van der Waals surface area contributed by atoms with Gasteiger partial charge >= 0.3 is 0 Å². The zero-order valence-corrected chi connectivity index (χ0v) is 20.7. The molecular formula is C31H31NO. The molecule has 0 unspecified atom stereocenters. The van der Waals surface area contributed by atoms with Gasteiger partial charge in [-0.2, -0.15) is 0 Å². The number of hydrogen-bond donors (Lipinski definition) is 0. The van der Waals surface area contributed by atoms with Crippen molar-refractivity contribution in [1.82, 2.24) is 4.98 Å². The summed E-state index contributed by atoms with van der Waals surface area (Å²) in [5, 5.41) is 4.99. The van der Waals surface area contributed by atoms with Crippen molar-refractivity contribution in [2.45, 2.75) is 60.3 Å². The van der Waals surface area contributed by atoms with Gasteiger partial charge in [-0.3, -0.25) is 4.98 Å². The third-order valence-corrected chi connectivity index (χ3v) is 7.37. The molecule has 0 amide bonds. The first-order valence-corrected chi connectivity index (χ1v) is 11.9. The maximum Gasteiger partial charge on any atom is 0.139 e. The lowest BCUT2D eigenvalue weighted by Gasteiger charge is -2.29. The smallest absolute Gasteiger partial charge is 0.139 e. The number of nitrogens with zero attached hydrogens (tertiary/aromatic N) is 1. The molecular weight excluding hydrogens is 402 g/mol. The van der Waals surface area contributed by atoms with E-state index >= 15 is 0 Å². The fourth-order valence-corrected chi connectivity index (χ4v) is 5.88. The van der Waals surface area contributed by atoms with Crippen LogP contribution in [0.1, 0.15) is 62.4 Å². The Balaban J connectivity index is 1.84. The summed E-state index contributed by atoms with van der Waals surface area (Å²) in [4.78, 5) is 5.08. The van der Waals surface area contributed by atoms with Crippen LogP contribution < -0.4 is 0 Å². The average Bonchev–Trinajstić information content (AvgIpc) is 3.10. The molecule has 2 heteroatoms. The molecule has 1 aliphatic carbocycles. The number of pyridine rings is 1. The van der Waals surface area contributed by atoms with Crippen molar-refractivity contribution in [3.8, 4) is 11.3 Å². The molecule has 0 saturated carbocycles. The van der Waals surface area contributed by atoms with Crippen molar-refractivity contribution in [2.24, 2.45) is 5.41 Å². The lowest BCUT2D eigenvalue weighted by molar-refractivity contribution is 0.410. The summed E-state index contributed by atoms with van der Waals surface area (Å²) in [6, 6.07) is 15.8. The zero-order chi connectivity index (χ0) is 23.3. The summed E-state index contributed by atoms with van der Waals surface area (Å²) in [6.07, 6.45) is 3.01. The largest absolute Gasteiger partial charge is 0.455 e. The Morgan fingerprint density at radius 1 is 0.909 bits per heavy atom. The van der Waals surface area contributed by atoms with Crippen molar-refractivity contribution in [3.05, 3.63) is 76.5 Å². The van der Waals surface area contributed by atoms with E-state index in [-0.39, 0.29) is 10.8 Å². The van der Waals surface area contributed by atoms with Crippen molar-refractivity contribution in [3.63, 3.8) is 0 Å². The van der Waals surface area contributed by atoms with Gasteiger partial charge in [-0.25, -0.2) is 0 Å². The van der Waals surface area contributed by atoms with E-state index in [4.69, 9.17) is 9.40 Å². The van der Waals surface area contributed by atoms with Gasteiger partial charge < -0.3 is 4.42 Å². The minimum atomic E-state index is -0.224. The Morgan fingerprint density at radius 3 is 2.45 bits per heavy atom. The van der Waals surface area contributed by atoms with Gasteiger partial charge in [0.2, 0.25) is 0 Å². The molecule has 0 fully saturated rings. The molecule has 166 valence electrons. The van der Waals surface area contributed by atoms with Crippen LogP contribution in [0.3, 0.4) is 0 Å². The van der Waals surface area contributed by atoms with Crippen LogP contribution in [0.25, 0.3) is 44.0 Å². The average molecular weight is 434 g/mol. The number of furan rings is 1. The third-order valence-electron chi connectivity index (χ3n) is 7.37. The van der Waals surface area contributed by atoms with Gasteiger partial charge in [0.25, 0.3) is 0 Å². The van der Waals surface area contributed by atoms with Gasteiger partial charge in [0.05, 0.1) is 5.69 Å². The molecule has 3 aromatic carbocycles. The number of aryl methyl sites for hydroxylation is 2. The van der Waals surface area contributed by atoms with Gasteiger partial charge in [-0.05, 0) is 53.3 Å². The second kappa shape index (κ2) is 6.47. The molecule has 5 aromatic rings. The zero-order valence-electron chi connectivity index (χ0n) is 20.7. The number of rotatable bonds is 1. The Labute approximate surface area is 195 Å². The van der Waals surface area contributed by atoms with Crippen molar-refractivity contribution in [2.75, 3.05) is 0 Å². The van der Waals surface area contributed by atoms with E-state index in [1.165, 1.54) is 54.9 Å². The monoisotopic (exact) mass is 433 g/mol. The molecule has 0 radical (unpaired) electrons. The van der Waals surface area contributed by atoms with Crippen LogP contribution in [0, 0.1) is 19.3 Å². The first-order chi connectivity index (χ1) is 15.6. The van der Waals surface area contributed by atoms with E-state index < -0.39 is 0 Å². The Hall–Kier alpha value is -3.13. The normalized spacial score (nSPS) is 14.9. The highest BCUT2D eigenvalue weighted by Gasteiger charge is 2.37. The summed E-state index contributed by atoms with van der Waals surface area (Å²) >= 11 is 0. The Morgan fingerprint density at radius 2 is 1.70 bits per heavy atom. The minimum absolute atomic E-state index is 0.180. The molecule has 0 bridgehead atoms. The second-order valence-corrected chi connectivity index (χ2v) is 11.6. The van der Waals surface area contributed by atoms with Crippen LogP contribution >= 0.6 is 0 Å². The van der Waals surface area contributed by atoms with Crippen molar-refractivity contribution < 1.29 is 4.42 Å². The SMILES string of the molecule is Cc1ccc2cnc3c(c2c1)C(C)(C)c1ccc(CC(C)(C)C)c2oc4c(C)ccc-3c4c12. The van der Waals surface area contributed by atoms with Gasteiger partial charge in [0.1, 0.15) is 11.2 Å². The number of benzene rings is 3. The first-order valence-electron chi connectivity index (χ1n) is 11.9. The van der Waals surface area contributed by atoms with Crippen molar-refractivity contribution >= 4 is 32.7 Å². The van der Waals surface area contributed by atoms with Gasteiger partial charge in [-0.15, -0.1) is 0 Å². The quantitative estimate of drug-likeness (QED) is 0.264. The second-order valence-electron chi connectivity index (χ2n) is 11.6. The summed E-state index contributed by atoms with van der Waals surface area (Å²) < 4.78 is 6.70. The number of hydrogen-bond acceptors (Lipinski definition) is 2. The fraction of sp³-hybridized carbons (Fsp3) is 0.323. The highest BCUT2D eigenvalue weighted by molar-refractivity contribution is 6.17. The molecule has 0 N–H and O–H groups in total. The molecule has 0 saturated heterocycles. The highest BCUT2D eigenvalue weighted by atomic mass is 16.3. The fourth-order valence-electron chi connectivity index (χ4n) is 5.88. The molecule has 0 aliphatic heterocycles. The van der Waals surface area contributed by atoms with E-state index in [1.54, 1.807) is 0 Å². The summed E-state index contributed by atoms with van der Waals surface area (Å²) in [6.45, 7) is 15.9. The number of fused-ring (bicyclic) bond motifs is 4. The maximum absolute atomic E-state index is 6.70. The van der Waals surface area contributed by atoms with Crippen LogP contribution in [0.5, 0.6) is 0 Å². The number of aromatic nitrogens is 1. The summed E-state index contributed by atoms with van der Waals surface area (Å²) in [7, 11) is 0. The predicted molar refractivity (Wildman–Crippen MR) is 139 cm³/mol. The molecule has 2 aromatic heterocycles. The maximum atomic E-state index is 6.70. The highest BCUT2D eigenvalue weighted by Crippen LogP contribution is 2.52. The van der Waals surface area contributed by atoms with Crippen LogP contribution in [-0.2, 0) is 11.8 Å². The summed E-state index contributed by atoms with van der Waals surface area (Å²) in [5.74, 6) is 0. The topological polar surface area (TPSA) is 26.0 Å². The lowest BCUT2D eigenvalue weighted by atomic mass is 9.74. The van der Waals surface area contributed by atoms with Gasteiger partial charge in [0, 0.05) is 33.3 Å². The van der Waals surface area contributed by atoms with Crippen molar-refractivity contribution in [1.29, 1.82) is 0 Å². The molecule has 0 atom stereocenters. The van der Waals surface area contributed by atoms with Gasteiger partial charge in [-0.1, -0.05) is 82.6 Å².